The van der Waals surface area contributed by atoms with Crippen LogP contribution in [0.4, 0.5) is 5.69 Å². The molecule has 0 aliphatic heterocycles. The first-order chi connectivity index (χ1) is 13.4. The minimum atomic E-state index is -0.527. The Morgan fingerprint density at radius 2 is 1.82 bits per heavy atom. The van der Waals surface area contributed by atoms with Crippen molar-refractivity contribution in [2.75, 3.05) is 28.4 Å². The molecule has 2 aromatic carbocycles. The van der Waals surface area contributed by atoms with Gasteiger partial charge in [-0.25, -0.2) is 0 Å². The van der Waals surface area contributed by atoms with E-state index in [4.69, 9.17) is 14.2 Å². The largest absolute Gasteiger partial charge is 0.493 e. The molecule has 2 aromatic rings. The number of nitrogens with zero attached hydrogens (tertiary/aromatic N) is 2. The van der Waals surface area contributed by atoms with Gasteiger partial charge in [0.1, 0.15) is 0 Å². The highest BCUT2D eigenvalue weighted by molar-refractivity contribution is 5.92. The third-order valence-electron chi connectivity index (χ3n) is 4.07. The molecule has 0 atom stereocenters. The first kappa shape index (κ1) is 20.8. The Morgan fingerprint density at radius 1 is 1.11 bits per heavy atom. The van der Waals surface area contributed by atoms with Gasteiger partial charge in [-0.2, -0.15) is 0 Å². The van der Waals surface area contributed by atoms with Gasteiger partial charge in [0.25, 0.3) is 0 Å². The molecule has 0 radical (unpaired) electrons. The molecule has 0 N–H and O–H groups in total. The van der Waals surface area contributed by atoms with Crippen LogP contribution in [0, 0.1) is 10.1 Å². The lowest BCUT2D eigenvalue weighted by molar-refractivity contribution is -0.385. The third kappa shape index (κ3) is 4.79. The number of hydrogen-bond acceptors (Lipinski definition) is 6. The highest BCUT2D eigenvalue weighted by atomic mass is 16.6. The van der Waals surface area contributed by atoms with Crippen LogP contribution in [0.1, 0.15) is 11.1 Å². The van der Waals surface area contributed by atoms with Crippen molar-refractivity contribution in [1.82, 2.24) is 4.90 Å². The maximum absolute atomic E-state index is 12.4. The quantitative estimate of drug-likeness (QED) is 0.393. The van der Waals surface area contributed by atoms with Crippen LogP contribution in [-0.4, -0.2) is 44.1 Å². The molecule has 0 unspecified atom stereocenters. The number of para-hydroxylation sites is 1. The molecule has 1 amide bonds. The monoisotopic (exact) mass is 386 g/mol. The summed E-state index contributed by atoms with van der Waals surface area (Å²) in [5, 5.41) is 11.1. The second-order valence-corrected chi connectivity index (χ2v) is 5.87. The second kappa shape index (κ2) is 9.40. The summed E-state index contributed by atoms with van der Waals surface area (Å²) in [7, 11) is 6.12. The number of ether oxygens (including phenoxy) is 3. The molecule has 28 heavy (non-hydrogen) atoms. The van der Waals surface area contributed by atoms with Gasteiger partial charge in [-0.15, -0.1) is 0 Å². The zero-order chi connectivity index (χ0) is 20.7. The standard InChI is InChI=1S/C20H22N2O6/c1-21(13-14-8-10-17(26-2)18(12-14)27-3)19(23)11-9-15-6-5-7-16(22(24)25)20(15)28-4/h5-12H,13H2,1-4H3/b11-9+. The molecule has 2 rings (SSSR count). The molecule has 0 fully saturated rings. The number of methoxy groups -OCH3 is 3. The van der Waals surface area contributed by atoms with Crippen molar-refractivity contribution < 1.29 is 23.9 Å². The van der Waals surface area contributed by atoms with E-state index in [0.29, 0.717) is 23.6 Å². The normalized spacial score (nSPS) is 10.6. The minimum absolute atomic E-state index is 0.110. The summed E-state index contributed by atoms with van der Waals surface area (Å²) in [5.74, 6) is 1.04. The second-order valence-electron chi connectivity index (χ2n) is 5.87. The van der Waals surface area contributed by atoms with Crippen molar-refractivity contribution in [3.8, 4) is 17.2 Å². The number of amides is 1. The van der Waals surface area contributed by atoms with E-state index in [0.717, 1.165) is 5.56 Å². The van der Waals surface area contributed by atoms with Gasteiger partial charge in [-0.1, -0.05) is 18.2 Å². The maximum Gasteiger partial charge on any atom is 0.311 e. The molecule has 0 spiro atoms. The Hall–Kier alpha value is -3.55. The van der Waals surface area contributed by atoms with Crippen LogP contribution in [0.3, 0.4) is 0 Å². The number of carbonyl (C=O) groups is 1. The highest BCUT2D eigenvalue weighted by Crippen LogP contribution is 2.31. The lowest BCUT2D eigenvalue weighted by Crippen LogP contribution is -2.24. The van der Waals surface area contributed by atoms with Crippen LogP contribution in [0.25, 0.3) is 6.08 Å². The molecule has 0 heterocycles. The molecule has 0 aliphatic carbocycles. The Bertz CT molecular complexity index is 894. The predicted molar refractivity (Wildman–Crippen MR) is 105 cm³/mol. The lowest BCUT2D eigenvalue weighted by Gasteiger charge is -2.16. The Morgan fingerprint density at radius 3 is 2.43 bits per heavy atom. The van der Waals surface area contributed by atoms with Gasteiger partial charge < -0.3 is 19.1 Å². The molecule has 0 aliphatic rings. The van der Waals surface area contributed by atoms with E-state index in [9.17, 15) is 14.9 Å². The first-order valence-corrected chi connectivity index (χ1v) is 8.36. The predicted octanol–water partition coefficient (Wildman–Crippen LogP) is 3.29. The number of carbonyl (C=O) groups excluding carboxylic acids is 1. The van der Waals surface area contributed by atoms with E-state index in [1.807, 2.05) is 6.07 Å². The summed E-state index contributed by atoms with van der Waals surface area (Å²) in [4.78, 5) is 24.5. The molecule has 0 saturated heterocycles. The van der Waals surface area contributed by atoms with E-state index >= 15 is 0 Å². The number of nitro benzene ring substituents is 1. The molecular formula is C20H22N2O6. The van der Waals surface area contributed by atoms with Crippen LogP contribution < -0.4 is 14.2 Å². The van der Waals surface area contributed by atoms with Crippen LogP contribution in [0.2, 0.25) is 0 Å². The fraction of sp³-hybridized carbons (Fsp3) is 0.250. The van der Waals surface area contributed by atoms with Crippen molar-refractivity contribution in [3.05, 3.63) is 63.7 Å². The zero-order valence-electron chi connectivity index (χ0n) is 16.2. The lowest BCUT2D eigenvalue weighted by atomic mass is 10.1. The minimum Gasteiger partial charge on any atom is -0.493 e. The summed E-state index contributed by atoms with van der Waals surface area (Å²) < 4.78 is 15.6. The number of likely N-dealkylation sites (N-methyl/N-ethyl adjacent to an activating group) is 1. The maximum atomic E-state index is 12.4. The molecule has 148 valence electrons. The van der Waals surface area contributed by atoms with Gasteiger partial charge in [0.05, 0.1) is 26.3 Å². The summed E-state index contributed by atoms with van der Waals surface area (Å²) in [6.45, 7) is 0.357. The van der Waals surface area contributed by atoms with Gasteiger partial charge >= 0.3 is 5.69 Å². The van der Waals surface area contributed by atoms with Gasteiger partial charge in [0, 0.05) is 31.3 Å². The molecule has 0 bridgehead atoms. The van der Waals surface area contributed by atoms with Crippen molar-refractivity contribution in [2.45, 2.75) is 6.54 Å². The number of benzene rings is 2. The Balaban J connectivity index is 2.15. The van der Waals surface area contributed by atoms with Crippen molar-refractivity contribution in [1.29, 1.82) is 0 Å². The van der Waals surface area contributed by atoms with Crippen molar-refractivity contribution in [2.24, 2.45) is 0 Å². The molecule has 0 saturated carbocycles. The number of nitro groups is 1. The average molecular weight is 386 g/mol. The molecule has 0 aromatic heterocycles. The summed E-state index contributed by atoms with van der Waals surface area (Å²) >= 11 is 0. The summed E-state index contributed by atoms with van der Waals surface area (Å²) in [5.41, 5.74) is 1.16. The van der Waals surface area contributed by atoms with Gasteiger partial charge in [-0.05, 0) is 23.8 Å². The van der Waals surface area contributed by atoms with Gasteiger partial charge in [0.2, 0.25) is 11.7 Å². The van der Waals surface area contributed by atoms with E-state index in [1.54, 1.807) is 39.5 Å². The first-order valence-electron chi connectivity index (χ1n) is 8.36. The van der Waals surface area contributed by atoms with Crippen LogP contribution in [0.15, 0.2) is 42.5 Å². The van der Waals surface area contributed by atoms with E-state index in [-0.39, 0.29) is 17.3 Å². The van der Waals surface area contributed by atoms with Crippen molar-refractivity contribution in [3.63, 3.8) is 0 Å². The fourth-order valence-electron chi connectivity index (χ4n) is 2.66. The van der Waals surface area contributed by atoms with E-state index in [1.165, 1.54) is 36.3 Å². The molecule has 8 nitrogen and oxygen atoms in total. The summed E-state index contributed by atoms with van der Waals surface area (Å²) in [6.07, 6.45) is 2.85. The molecular weight excluding hydrogens is 364 g/mol. The van der Waals surface area contributed by atoms with Crippen LogP contribution in [-0.2, 0) is 11.3 Å². The van der Waals surface area contributed by atoms with Crippen LogP contribution in [0.5, 0.6) is 17.2 Å². The molecule has 8 heteroatoms. The number of hydrogen-bond donors (Lipinski definition) is 0. The highest BCUT2D eigenvalue weighted by Gasteiger charge is 2.17. The Kier molecular flexibility index (Phi) is 6.97. The van der Waals surface area contributed by atoms with Crippen LogP contribution >= 0.6 is 0 Å². The third-order valence-corrected chi connectivity index (χ3v) is 4.07. The van der Waals surface area contributed by atoms with Gasteiger partial charge in [-0.3, -0.25) is 14.9 Å². The smallest absolute Gasteiger partial charge is 0.311 e. The fourth-order valence-corrected chi connectivity index (χ4v) is 2.66. The van der Waals surface area contributed by atoms with Gasteiger partial charge in [0.15, 0.2) is 11.5 Å². The van der Waals surface area contributed by atoms with Crippen molar-refractivity contribution >= 4 is 17.7 Å². The average Bonchev–Trinajstić information content (AvgIpc) is 2.71. The Labute approximate surface area is 163 Å². The van der Waals surface area contributed by atoms with E-state index < -0.39 is 4.92 Å². The SMILES string of the molecule is COc1ccc(CN(C)C(=O)/C=C/c2cccc([N+](=O)[O-])c2OC)cc1OC. The topological polar surface area (TPSA) is 91.1 Å². The number of rotatable bonds is 8. The van der Waals surface area contributed by atoms with E-state index in [2.05, 4.69) is 0 Å². The summed E-state index contributed by atoms with van der Waals surface area (Å²) in [6, 6.07) is 9.95. The zero-order valence-corrected chi connectivity index (χ0v) is 16.2.